The molecule has 0 atom stereocenters. The molecule has 0 aromatic heterocycles. The molecule has 1 aliphatic heterocycles. The van der Waals surface area contributed by atoms with Crippen molar-refractivity contribution in [3.05, 3.63) is 127 Å². The molecule has 2 N–H and O–H groups in total. The Morgan fingerprint density at radius 3 is 2.44 bits per heavy atom. The van der Waals surface area contributed by atoms with E-state index >= 15 is 0 Å². The zero-order chi connectivity index (χ0) is 25.6. The summed E-state index contributed by atoms with van der Waals surface area (Å²) in [7, 11) is 0. The third kappa shape index (κ3) is 7.27. The van der Waals surface area contributed by atoms with Gasteiger partial charge in [-0.05, 0) is 60.9 Å². The lowest BCUT2D eigenvalue weighted by molar-refractivity contribution is -0.303. The maximum absolute atomic E-state index is 12.2. The highest BCUT2D eigenvalue weighted by Crippen LogP contribution is 2.28. The third-order valence-corrected chi connectivity index (χ3v) is 4.97. The SMILES string of the molecule is C=C(/C=C\C(=C)C(=C)N=C(C)C1=CC=C(C)N(Cc2cccc(C(=C)N)c2)C1=C)OC(F)(F)F. The van der Waals surface area contributed by atoms with Crippen LogP contribution in [0.2, 0.25) is 0 Å². The summed E-state index contributed by atoms with van der Waals surface area (Å²) in [6.07, 6.45) is 1.44. The number of rotatable bonds is 9. The van der Waals surface area contributed by atoms with E-state index in [9.17, 15) is 13.2 Å². The summed E-state index contributed by atoms with van der Waals surface area (Å²) in [6.45, 7) is 23.2. The molecule has 7 heteroatoms. The molecule has 0 fully saturated rings. The molecule has 1 aliphatic rings. The lowest BCUT2D eigenvalue weighted by atomic mass is 10.0. The van der Waals surface area contributed by atoms with Crippen molar-refractivity contribution in [2.24, 2.45) is 10.7 Å². The van der Waals surface area contributed by atoms with Crippen molar-refractivity contribution in [3.8, 4) is 0 Å². The quantitative estimate of drug-likeness (QED) is 0.244. The van der Waals surface area contributed by atoms with E-state index in [0.717, 1.165) is 34.2 Å². The first kappa shape index (κ1) is 26.3. The minimum atomic E-state index is -4.81. The monoisotopic (exact) mass is 467 g/mol. The molecule has 0 bridgehead atoms. The van der Waals surface area contributed by atoms with Gasteiger partial charge in [-0.15, -0.1) is 13.2 Å². The Morgan fingerprint density at radius 1 is 1.15 bits per heavy atom. The van der Waals surface area contributed by atoms with E-state index < -0.39 is 12.1 Å². The molecule has 0 saturated carbocycles. The summed E-state index contributed by atoms with van der Waals surface area (Å²) in [5.41, 5.74) is 12.0. The van der Waals surface area contributed by atoms with Gasteiger partial charge in [0.15, 0.2) is 0 Å². The zero-order valence-corrected chi connectivity index (χ0v) is 19.4. The van der Waals surface area contributed by atoms with E-state index in [0.29, 0.717) is 23.5 Å². The number of halogens is 3. The van der Waals surface area contributed by atoms with Crippen LogP contribution in [-0.4, -0.2) is 17.0 Å². The highest BCUT2D eigenvalue weighted by molar-refractivity contribution is 6.03. The van der Waals surface area contributed by atoms with Crippen LogP contribution >= 0.6 is 0 Å². The summed E-state index contributed by atoms with van der Waals surface area (Å²) in [5, 5.41) is 0. The molecular formula is C27H28F3N3O. The number of benzene rings is 1. The standard InChI is InChI=1S/C27H28F3N3O/c1-17(11-13-19(3)34-27(28,29)30)21(5)32-22(6)26-14-12-18(2)33(23(26)7)16-24-9-8-10-25(15-24)20(4)31/h8-15H,1,3-5,7,16,31H2,2,6H3/b13-11-,32-22?. The normalized spacial score (nSPS) is 14.6. The van der Waals surface area contributed by atoms with Crippen LogP contribution in [-0.2, 0) is 11.3 Å². The molecule has 0 saturated heterocycles. The number of nitrogens with zero attached hydrogens (tertiary/aromatic N) is 2. The fourth-order valence-electron chi connectivity index (χ4n) is 3.16. The molecule has 0 unspecified atom stereocenters. The minimum Gasteiger partial charge on any atom is -0.406 e. The van der Waals surface area contributed by atoms with E-state index in [2.05, 4.69) is 47.5 Å². The molecule has 0 amide bonds. The van der Waals surface area contributed by atoms with Gasteiger partial charge < -0.3 is 15.4 Å². The Balaban J connectivity index is 2.15. The van der Waals surface area contributed by atoms with E-state index in [4.69, 9.17) is 5.73 Å². The van der Waals surface area contributed by atoms with Crippen molar-refractivity contribution in [1.29, 1.82) is 0 Å². The number of aliphatic imine (C=N–C) groups is 1. The predicted molar refractivity (Wildman–Crippen MR) is 133 cm³/mol. The number of ether oxygens (including phenoxy) is 1. The van der Waals surface area contributed by atoms with Gasteiger partial charge in [-0.3, -0.25) is 4.99 Å². The van der Waals surface area contributed by atoms with Crippen molar-refractivity contribution in [1.82, 2.24) is 4.90 Å². The number of hydrogen-bond acceptors (Lipinski definition) is 4. The molecule has 1 aromatic rings. The number of alkyl halides is 3. The Bertz CT molecular complexity index is 1160. The second-order valence-electron chi connectivity index (χ2n) is 7.66. The van der Waals surface area contributed by atoms with Gasteiger partial charge >= 0.3 is 6.36 Å². The number of nitrogens with two attached hydrogens (primary N) is 1. The van der Waals surface area contributed by atoms with E-state index in [1.807, 2.05) is 43.3 Å². The lowest BCUT2D eigenvalue weighted by Gasteiger charge is -2.32. The smallest absolute Gasteiger partial charge is 0.406 e. The summed E-state index contributed by atoms with van der Waals surface area (Å²) in [5.74, 6) is -0.566. The fourth-order valence-corrected chi connectivity index (χ4v) is 3.16. The molecule has 0 radical (unpaired) electrons. The van der Waals surface area contributed by atoms with Crippen molar-refractivity contribution < 1.29 is 17.9 Å². The van der Waals surface area contributed by atoms with Gasteiger partial charge in [0.05, 0.1) is 5.70 Å². The third-order valence-electron chi connectivity index (χ3n) is 4.97. The van der Waals surface area contributed by atoms with Crippen LogP contribution in [0.1, 0.15) is 25.0 Å². The molecule has 2 rings (SSSR count). The Morgan fingerprint density at radius 2 is 1.82 bits per heavy atom. The van der Waals surface area contributed by atoms with Gasteiger partial charge in [0.25, 0.3) is 0 Å². The highest BCUT2D eigenvalue weighted by atomic mass is 19.4. The Kier molecular flexibility index (Phi) is 8.30. The van der Waals surface area contributed by atoms with Crippen LogP contribution in [0.25, 0.3) is 5.70 Å². The molecule has 178 valence electrons. The highest BCUT2D eigenvalue weighted by Gasteiger charge is 2.30. The van der Waals surface area contributed by atoms with E-state index in [-0.39, 0.29) is 5.70 Å². The first-order valence-corrected chi connectivity index (χ1v) is 10.2. The first-order valence-electron chi connectivity index (χ1n) is 10.2. The molecule has 0 spiro atoms. The topological polar surface area (TPSA) is 50.8 Å². The second kappa shape index (κ2) is 10.7. The molecule has 0 aliphatic carbocycles. The summed E-state index contributed by atoms with van der Waals surface area (Å²) >= 11 is 0. The van der Waals surface area contributed by atoms with Gasteiger partial charge in [0, 0.05) is 34.9 Å². The molecule has 1 aromatic carbocycles. The van der Waals surface area contributed by atoms with Crippen molar-refractivity contribution >= 4 is 11.4 Å². The molecule has 4 nitrogen and oxygen atoms in total. The fraction of sp³-hybridized carbons (Fsp3) is 0.148. The van der Waals surface area contributed by atoms with Crippen LogP contribution in [0, 0.1) is 0 Å². The average molecular weight is 468 g/mol. The van der Waals surface area contributed by atoms with Crippen LogP contribution in [0.15, 0.2) is 120 Å². The van der Waals surface area contributed by atoms with E-state index in [1.54, 1.807) is 6.92 Å². The molecule has 1 heterocycles. The van der Waals surface area contributed by atoms with Gasteiger partial charge in [0.1, 0.15) is 5.76 Å². The van der Waals surface area contributed by atoms with Crippen molar-refractivity contribution in [3.63, 3.8) is 0 Å². The number of allylic oxidation sites excluding steroid dienone is 6. The van der Waals surface area contributed by atoms with Crippen molar-refractivity contribution in [2.45, 2.75) is 26.8 Å². The molecular weight excluding hydrogens is 439 g/mol. The maximum Gasteiger partial charge on any atom is 0.573 e. The van der Waals surface area contributed by atoms with Crippen LogP contribution in [0.4, 0.5) is 13.2 Å². The van der Waals surface area contributed by atoms with Gasteiger partial charge in [-0.1, -0.05) is 51.1 Å². The molecule has 34 heavy (non-hydrogen) atoms. The van der Waals surface area contributed by atoms with Crippen LogP contribution in [0.3, 0.4) is 0 Å². The maximum atomic E-state index is 12.2. The van der Waals surface area contributed by atoms with Gasteiger partial charge in [0.2, 0.25) is 0 Å². The van der Waals surface area contributed by atoms with E-state index in [1.165, 1.54) is 6.08 Å². The van der Waals surface area contributed by atoms with Gasteiger partial charge in [-0.25, -0.2) is 0 Å². The Hall–Kier alpha value is -4.00. The second-order valence-corrected chi connectivity index (χ2v) is 7.66. The lowest BCUT2D eigenvalue weighted by Crippen LogP contribution is -2.25. The minimum absolute atomic E-state index is 0.286. The Labute approximate surface area is 198 Å². The van der Waals surface area contributed by atoms with Crippen LogP contribution in [0.5, 0.6) is 0 Å². The zero-order valence-electron chi connectivity index (χ0n) is 19.4. The largest absolute Gasteiger partial charge is 0.573 e. The first-order chi connectivity index (χ1) is 15.8. The summed E-state index contributed by atoms with van der Waals surface area (Å²) < 4.78 is 40.4. The summed E-state index contributed by atoms with van der Waals surface area (Å²) in [6, 6.07) is 7.81. The van der Waals surface area contributed by atoms with Gasteiger partial charge in [-0.2, -0.15) is 0 Å². The van der Waals surface area contributed by atoms with Crippen molar-refractivity contribution in [2.75, 3.05) is 0 Å². The van der Waals surface area contributed by atoms with Crippen LogP contribution < -0.4 is 5.73 Å². The predicted octanol–water partition coefficient (Wildman–Crippen LogP) is 6.91. The summed E-state index contributed by atoms with van der Waals surface area (Å²) in [4.78, 5) is 6.53. The average Bonchev–Trinajstić information content (AvgIpc) is 2.73. The number of hydrogen-bond donors (Lipinski definition) is 1.